The van der Waals surface area contributed by atoms with Crippen molar-refractivity contribution in [3.05, 3.63) is 35.4 Å². The summed E-state index contributed by atoms with van der Waals surface area (Å²) in [5.74, 6) is -0.0551. The van der Waals surface area contributed by atoms with Crippen LogP contribution < -0.4 is 4.90 Å². The number of amides is 1. The molecule has 0 unspecified atom stereocenters. The van der Waals surface area contributed by atoms with Crippen molar-refractivity contribution in [2.75, 3.05) is 4.90 Å². The molecule has 1 aliphatic rings. The summed E-state index contributed by atoms with van der Waals surface area (Å²) in [6.45, 7) is 9.95. The lowest BCUT2D eigenvalue weighted by molar-refractivity contribution is -0.118. The Morgan fingerprint density at radius 3 is 2.53 bits per heavy atom. The molecule has 0 spiro atoms. The van der Waals surface area contributed by atoms with Gasteiger partial charge in [-0.3, -0.25) is 4.79 Å². The Bertz CT molecular complexity index is 558. The average Bonchev–Trinajstić information content (AvgIpc) is 2.28. The van der Waals surface area contributed by atoms with E-state index in [1.807, 2.05) is 30.9 Å². The van der Waals surface area contributed by atoms with Gasteiger partial charge in [0.1, 0.15) is 5.38 Å². The van der Waals surface area contributed by atoms with Crippen LogP contribution in [0.1, 0.15) is 38.8 Å². The second kappa shape index (κ2) is 4.68. The standard InChI is InChI=1S/C16H20ClNO/c1-10-6-7-14-13(8-10)11(2)9-16(4,5)18(14)15(19)12(3)17/h6-9,12H,1-5H3/t12-/m0/s1. The molecule has 0 bridgehead atoms. The summed E-state index contributed by atoms with van der Waals surface area (Å²) in [5.41, 5.74) is 4.11. The van der Waals surface area contributed by atoms with Crippen molar-refractivity contribution in [2.45, 2.75) is 45.5 Å². The number of halogens is 1. The van der Waals surface area contributed by atoms with E-state index in [-0.39, 0.29) is 11.4 Å². The van der Waals surface area contributed by atoms with Gasteiger partial charge in [0.25, 0.3) is 0 Å². The molecule has 3 heteroatoms. The molecule has 2 nitrogen and oxygen atoms in total. The zero-order chi connectivity index (χ0) is 14.4. The summed E-state index contributed by atoms with van der Waals surface area (Å²) in [5, 5.41) is -0.528. The molecule has 0 saturated carbocycles. The molecule has 0 aromatic heterocycles. The molecule has 2 rings (SSSR count). The van der Waals surface area contributed by atoms with Crippen molar-refractivity contribution in [3.8, 4) is 0 Å². The van der Waals surface area contributed by atoms with Gasteiger partial charge in [0, 0.05) is 5.56 Å². The quantitative estimate of drug-likeness (QED) is 0.706. The molecular formula is C16H20ClNO. The maximum absolute atomic E-state index is 12.4. The van der Waals surface area contributed by atoms with E-state index in [9.17, 15) is 4.79 Å². The number of carbonyl (C=O) groups excluding carboxylic acids is 1. The smallest absolute Gasteiger partial charge is 0.245 e. The first-order valence-corrected chi connectivity index (χ1v) is 6.96. The van der Waals surface area contributed by atoms with Crippen molar-refractivity contribution in [1.82, 2.24) is 0 Å². The second-order valence-electron chi connectivity index (χ2n) is 5.79. The molecule has 102 valence electrons. The van der Waals surface area contributed by atoms with E-state index in [2.05, 4.69) is 26.0 Å². The zero-order valence-electron chi connectivity index (χ0n) is 12.1. The fourth-order valence-corrected chi connectivity index (χ4v) is 2.82. The van der Waals surface area contributed by atoms with E-state index >= 15 is 0 Å². The second-order valence-corrected chi connectivity index (χ2v) is 6.45. The van der Waals surface area contributed by atoms with Gasteiger partial charge in [-0.15, -0.1) is 11.6 Å². The highest BCUT2D eigenvalue weighted by molar-refractivity contribution is 6.33. The molecule has 0 N–H and O–H groups in total. The third kappa shape index (κ3) is 2.42. The van der Waals surface area contributed by atoms with Crippen LogP contribution in [0.3, 0.4) is 0 Å². The molecule has 0 radical (unpaired) electrons. The van der Waals surface area contributed by atoms with Crippen LogP contribution in [0.5, 0.6) is 0 Å². The number of nitrogens with zero attached hydrogens (tertiary/aromatic N) is 1. The fourth-order valence-electron chi connectivity index (χ4n) is 2.72. The number of benzene rings is 1. The Morgan fingerprint density at radius 1 is 1.32 bits per heavy atom. The van der Waals surface area contributed by atoms with Crippen LogP contribution in [0.25, 0.3) is 5.57 Å². The molecule has 0 aliphatic carbocycles. The van der Waals surface area contributed by atoms with Crippen LogP contribution in [-0.2, 0) is 4.79 Å². The predicted octanol–water partition coefficient (Wildman–Crippen LogP) is 4.15. The van der Waals surface area contributed by atoms with E-state index in [1.165, 1.54) is 11.1 Å². The van der Waals surface area contributed by atoms with Gasteiger partial charge in [-0.2, -0.15) is 0 Å². The number of hydrogen-bond donors (Lipinski definition) is 0. The summed E-state index contributed by atoms with van der Waals surface area (Å²) in [4.78, 5) is 14.2. The van der Waals surface area contributed by atoms with Crippen LogP contribution in [-0.4, -0.2) is 16.8 Å². The van der Waals surface area contributed by atoms with Gasteiger partial charge in [0.05, 0.1) is 11.2 Å². The Kier molecular flexibility index (Phi) is 3.48. The maximum Gasteiger partial charge on any atom is 0.245 e. The van der Waals surface area contributed by atoms with Gasteiger partial charge in [0.2, 0.25) is 5.91 Å². The molecular weight excluding hydrogens is 258 g/mol. The monoisotopic (exact) mass is 277 g/mol. The Labute approximate surface area is 120 Å². The normalized spacial score (nSPS) is 18.6. The molecule has 1 amide bonds. The Balaban J connectivity index is 2.64. The average molecular weight is 278 g/mol. The number of fused-ring (bicyclic) bond motifs is 1. The highest BCUT2D eigenvalue weighted by Crippen LogP contribution is 2.39. The van der Waals surface area contributed by atoms with E-state index in [4.69, 9.17) is 11.6 Å². The summed E-state index contributed by atoms with van der Waals surface area (Å²) in [7, 11) is 0. The summed E-state index contributed by atoms with van der Waals surface area (Å²) in [6, 6.07) is 6.17. The number of hydrogen-bond acceptors (Lipinski definition) is 1. The highest BCUT2D eigenvalue weighted by Gasteiger charge is 2.36. The lowest BCUT2D eigenvalue weighted by Gasteiger charge is -2.42. The topological polar surface area (TPSA) is 20.3 Å². The third-order valence-electron chi connectivity index (χ3n) is 3.52. The molecule has 0 fully saturated rings. The van der Waals surface area contributed by atoms with Crippen LogP contribution in [0, 0.1) is 6.92 Å². The number of carbonyl (C=O) groups is 1. The fraction of sp³-hybridized carbons (Fsp3) is 0.438. The molecule has 1 atom stereocenters. The van der Waals surface area contributed by atoms with Crippen molar-refractivity contribution in [2.24, 2.45) is 0 Å². The minimum atomic E-state index is -0.528. The van der Waals surface area contributed by atoms with Crippen LogP contribution in [0.4, 0.5) is 5.69 Å². The number of anilines is 1. The minimum absolute atomic E-state index is 0.0551. The minimum Gasteiger partial charge on any atom is -0.301 e. The first-order valence-electron chi connectivity index (χ1n) is 6.52. The molecule has 1 heterocycles. The molecule has 1 aromatic rings. The molecule has 19 heavy (non-hydrogen) atoms. The van der Waals surface area contributed by atoms with Gasteiger partial charge >= 0.3 is 0 Å². The first kappa shape index (κ1) is 14.1. The van der Waals surface area contributed by atoms with Crippen LogP contribution >= 0.6 is 11.6 Å². The third-order valence-corrected chi connectivity index (χ3v) is 3.71. The van der Waals surface area contributed by atoms with Crippen molar-refractivity contribution >= 4 is 28.8 Å². The lowest BCUT2D eigenvalue weighted by Crippen LogP contribution is -2.51. The zero-order valence-corrected chi connectivity index (χ0v) is 12.9. The van der Waals surface area contributed by atoms with Gasteiger partial charge in [-0.05, 0) is 52.3 Å². The van der Waals surface area contributed by atoms with Crippen molar-refractivity contribution in [3.63, 3.8) is 0 Å². The molecule has 0 saturated heterocycles. The van der Waals surface area contributed by atoms with Gasteiger partial charge in [0.15, 0.2) is 0 Å². The van der Waals surface area contributed by atoms with E-state index in [1.54, 1.807) is 6.92 Å². The van der Waals surface area contributed by atoms with Crippen molar-refractivity contribution < 1.29 is 4.79 Å². The largest absolute Gasteiger partial charge is 0.301 e. The number of alkyl halides is 1. The summed E-state index contributed by atoms with van der Waals surface area (Å²) >= 11 is 6.01. The summed E-state index contributed by atoms with van der Waals surface area (Å²) < 4.78 is 0. The van der Waals surface area contributed by atoms with E-state index in [0.717, 1.165) is 11.3 Å². The van der Waals surface area contributed by atoms with E-state index < -0.39 is 5.38 Å². The lowest BCUT2D eigenvalue weighted by atomic mass is 9.88. The van der Waals surface area contributed by atoms with Gasteiger partial charge in [-0.1, -0.05) is 17.7 Å². The van der Waals surface area contributed by atoms with Gasteiger partial charge < -0.3 is 4.90 Å². The van der Waals surface area contributed by atoms with Crippen LogP contribution in [0.2, 0.25) is 0 Å². The predicted molar refractivity (Wildman–Crippen MR) is 81.7 cm³/mol. The SMILES string of the molecule is CC1=CC(C)(C)N(C(=O)[C@H](C)Cl)c2ccc(C)cc21. The van der Waals surface area contributed by atoms with Gasteiger partial charge in [-0.25, -0.2) is 0 Å². The molecule has 1 aromatic carbocycles. The number of aryl methyl sites for hydroxylation is 1. The number of allylic oxidation sites excluding steroid dienone is 1. The highest BCUT2D eigenvalue weighted by atomic mass is 35.5. The molecule has 1 aliphatic heterocycles. The number of rotatable bonds is 1. The van der Waals surface area contributed by atoms with Crippen molar-refractivity contribution in [1.29, 1.82) is 0 Å². The Hall–Kier alpha value is -1.28. The first-order chi connectivity index (χ1) is 8.74. The Morgan fingerprint density at radius 2 is 1.95 bits per heavy atom. The summed E-state index contributed by atoms with van der Waals surface area (Å²) in [6.07, 6.45) is 2.13. The maximum atomic E-state index is 12.4. The van der Waals surface area contributed by atoms with Crippen LogP contribution in [0.15, 0.2) is 24.3 Å². The van der Waals surface area contributed by atoms with E-state index in [0.29, 0.717) is 0 Å².